The lowest BCUT2D eigenvalue weighted by molar-refractivity contribution is -0.143. The van der Waals surface area contributed by atoms with Crippen molar-refractivity contribution < 1.29 is 28.8 Å². The maximum absolute atomic E-state index is 14.1. The van der Waals surface area contributed by atoms with Crippen LogP contribution in [0.3, 0.4) is 0 Å². The molecule has 5 amide bonds. The number of piperidine rings is 1. The third kappa shape index (κ3) is 7.14. The van der Waals surface area contributed by atoms with E-state index in [0.29, 0.717) is 25.8 Å². The Kier molecular flexibility index (Phi) is 9.98. The molecule has 11 heteroatoms. The number of nitrogens with zero attached hydrogens (tertiary/aromatic N) is 1. The number of fused-ring (bicyclic) bond motifs is 3. The summed E-state index contributed by atoms with van der Waals surface area (Å²) in [4.78, 5) is 79.7. The number of primary amides is 1. The zero-order chi connectivity index (χ0) is 30.8. The quantitative estimate of drug-likeness (QED) is 0.333. The molecule has 2 saturated heterocycles. The highest BCUT2D eigenvalue weighted by Crippen LogP contribution is 2.65. The van der Waals surface area contributed by atoms with E-state index in [9.17, 15) is 28.8 Å². The average molecular weight is 588 g/mol. The number of urea groups is 1. The van der Waals surface area contributed by atoms with Crippen molar-refractivity contribution in [3.63, 3.8) is 0 Å². The van der Waals surface area contributed by atoms with Crippen molar-refractivity contribution in [3.8, 4) is 0 Å². The number of carbonyl (C=O) groups is 6. The maximum atomic E-state index is 14.1. The van der Waals surface area contributed by atoms with Crippen molar-refractivity contribution in [2.75, 3.05) is 6.54 Å². The molecule has 4 aliphatic rings. The van der Waals surface area contributed by atoms with E-state index in [1.165, 1.54) is 0 Å². The van der Waals surface area contributed by atoms with Crippen LogP contribution in [0.25, 0.3) is 0 Å². The second-order valence-corrected chi connectivity index (χ2v) is 13.8. The highest BCUT2D eigenvalue weighted by atomic mass is 16.2. The fourth-order valence-corrected chi connectivity index (χ4v) is 7.08. The smallest absolute Gasteiger partial charge is 0.316 e. The first-order valence-corrected chi connectivity index (χ1v) is 15.9. The van der Waals surface area contributed by atoms with Crippen LogP contribution in [-0.2, 0) is 24.0 Å². The number of hydrogen-bond acceptors (Lipinski definition) is 6. The van der Waals surface area contributed by atoms with E-state index in [2.05, 4.69) is 29.8 Å². The lowest BCUT2D eigenvalue weighted by atomic mass is 9.96. The first kappa shape index (κ1) is 31.9. The predicted octanol–water partition coefficient (Wildman–Crippen LogP) is 2.20. The third-order valence-corrected chi connectivity index (χ3v) is 9.96. The average Bonchev–Trinajstić information content (AvgIpc) is 3.81. The van der Waals surface area contributed by atoms with Gasteiger partial charge >= 0.3 is 6.03 Å². The number of amides is 5. The Morgan fingerprint density at radius 2 is 1.52 bits per heavy atom. The van der Waals surface area contributed by atoms with Crippen molar-refractivity contribution in [3.05, 3.63) is 0 Å². The molecule has 2 aliphatic heterocycles. The van der Waals surface area contributed by atoms with Gasteiger partial charge in [-0.05, 0) is 48.9 Å². The fourth-order valence-electron chi connectivity index (χ4n) is 7.08. The van der Waals surface area contributed by atoms with Gasteiger partial charge in [0.15, 0.2) is 5.78 Å². The van der Waals surface area contributed by atoms with E-state index < -0.39 is 47.8 Å². The molecule has 5 N–H and O–H groups in total. The number of nitrogens with one attached hydrogen (secondary N) is 3. The Hall–Kier alpha value is -2.98. The van der Waals surface area contributed by atoms with Gasteiger partial charge in [-0.1, -0.05) is 72.6 Å². The van der Waals surface area contributed by atoms with Gasteiger partial charge in [-0.15, -0.1) is 0 Å². The second kappa shape index (κ2) is 13.1. The lowest BCUT2D eigenvalue weighted by Crippen LogP contribution is -2.59. The molecule has 4 fully saturated rings. The summed E-state index contributed by atoms with van der Waals surface area (Å²) in [7, 11) is 0. The zero-order valence-electron chi connectivity index (χ0n) is 25.6. The molecule has 0 unspecified atom stereocenters. The molecule has 234 valence electrons. The van der Waals surface area contributed by atoms with Crippen LogP contribution >= 0.6 is 0 Å². The molecule has 2 saturated carbocycles. The molecule has 2 heterocycles. The van der Waals surface area contributed by atoms with Crippen LogP contribution in [0.1, 0.15) is 98.3 Å². The van der Waals surface area contributed by atoms with Crippen LogP contribution in [-0.4, -0.2) is 70.9 Å². The van der Waals surface area contributed by atoms with Crippen molar-refractivity contribution >= 4 is 35.3 Å². The summed E-state index contributed by atoms with van der Waals surface area (Å²) in [5, 5.41) is 8.44. The minimum absolute atomic E-state index is 0.00816. The van der Waals surface area contributed by atoms with Gasteiger partial charge in [-0.25, -0.2) is 4.79 Å². The van der Waals surface area contributed by atoms with Gasteiger partial charge in [0.25, 0.3) is 5.91 Å². The number of ketones is 2. The zero-order valence-corrected chi connectivity index (χ0v) is 25.6. The Bertz CT molecular complexity index is 1090. The predicted molar refractivity (Wildman–Crippen MR) is 156 cm³/mol. The fraction of sp³-hybridized carbons (Fsp3) is 0.806. The molecule has 0 radical (unpaired) electrons. The molecule has 6 atom stereocenters. The number of rotatable bonds is 7. The Morgan fingerprint density at radius 1 is 0.929 bits per heavy atom. The van der Waals surface area contributed by atoms with Crippen LogP contribution < -0.4 is 21.7 Å². The molecular weight excluding hydrogens is 538 g/mol. The molecule has 0 aromatic carbocycles. The van der Waals surface area contributed by atoms with E-state index >= 15 is 0 Å². The topological polar surface area (TPSA) is 168 Å². The number of Topliss-reactive ketones (excluding diaryl/α,β-unsaturated/α-hetero) is 2. The first-order chi connectivity index (χ1) is 19.8. The second-order valence-electron chi connectivity index (χ2n) is 13.8. The summed E-state index contributed by atoms with van der Waals surface area (Å²) in [5.74, 6) is -2.78. The van der Waals surface area contributed by atoms with Crippen molar-refractivity contribution in [1.82, 2.24) is 20.9 Å². The summed E-state index contributed by atoms with van der Waals surface area (Å²) in [6, 6.07) is -3.90. The van der Waals surface area contributed by atoms with Gasteiger partial charge in [0.05, 0.1) is 12.1 Å². The first-order valence-electron chi connectivity index (χ1n) is 15.9. The number of hydrogen-bond donors (Lipinski definition) is 4. The molecule has 11 nitrogen and oxygen atoms in total. The van der Waals surface area contributed by atoms with Gasteiger partial charge in [-0.2, -0.15) is 0 Å². The van der Waals surface area contributed by atoms with Crippen LogP contribution in [0.2, 0.25) is 0 Å². The molecule has 4 rings (SSSR count). The van der Waals surface area contributed by atoms with Crippen LogP contribution in [0.15, 0.2) is 0 Å². The number of carbonyl (C=O) groups excluding carboxylic acids is 6. The summed E-state index contributed by atoms with van der Waals surface area (Å²) in [5.41, 5.74) is 5.15. The Balaban J connectivity index is 1.55. The number of nitrogens with two attached hydrogens (primary N) is 1. The minimum atomic E-state index is -1.09. The molecule has 0 spiro atoms. The highest BCUT2D eigenvalue weighted by molar-refractivity contribution is 6.37. The van der Waals surface area contributed by atoms with E-state index in [0.717, 1.165) is 51.4 Å². The molecule has 0 aromatic heterocycles. The van der Waals surface area contributed by atoms with Crippen molar-refractivity contribution in [2.24, 2.45) is 34.8 Å². The van der Waals surface area contributed by atoms with Gasteiger partial charge in [0.1, 0.15) is 12.1 Å². The summed E-state index contributed by atoms with van der Waals surface area (Å²) in [6.45, 7) is 8.28. The van der Waals surface area contributed by atoms with E-state index in [1.807, 2.05) is 13.8 Å². The molecular formula is C31H49N5O6. The highest BCUT2D eigenvalue weighted by Gasteiger charge is 2.69. The standard InChI is InChI=1S/C31H49N5O6/c1-17(2)23(25(37)18-14-15-18)35-30(42)34-21-13-11-9-7-5-6-8-10-12-20(26(38)27(32)39)33-28(40)24-22-19(31(22,3)4)16-36(24)29(21)41/h17-24H,5-16H2,1-4H3,(H2,32,39)(H,33,40)(H2,34,35,42)/t19-,20+,21+,22-,23+,24+/m1/s1. The van der Waals surface area contributed by atoms with Crippen molar-refractivity contribution in [1.29, 1.82) is 0 Å². The largest absolute Gasteiger partial charge is 0.363 e. The monoisotopic (exact) mass is 587 g/mol. The maximum Gasteiger partial charge on any atom is 0.316 e. The Morgan fingerprint density at radius 3 is 2.10 bits per heavy atom. The van der Waals surface area contributed by atoms with Gasteiger partial charge in [-0.3, -0.25) is 24.0 Å². The van der Waals surface area contributed by atoms with E-state index in [4.69, 9.17) is 5.73 Å². The van der Waals surface area contributed by atoms with Gasteiger partial charge in [0, 0.05) is 12.5 Å². The third-order valence-electron chi connectivity index (χ3n) is 9.96. The molecule has 42 heavy (non-hydrogen) atoms. The summed E-state index contributed by atoms with van der Waals surface area (Å²) in [6.07, 6.45) is 8.51. The normalized spacial score (nSPS) is 30.9. The van der Waals surface area contributed by atoms with Gasteiger partial charge < -0.3 is 26.6 Å². The van der Waals surface area contributed by atoms with E-state index in [-0.39, 0.29) is 40.8 Å². The van der Waals surface area contributed by atoms with Gasteiger partial charge in [0.2, 0.25) is 17.6 Å². The molecule has 2 aliphatic carbocycles. The van der Waals surface area contributed by atoms with Crippen LogP contribution in [0.5, 0.6) is 0 Å². The molecule has 0 aromatic rings. The lowest BCUT2D eigenvalue weighted by Gasteiger charge is -2.34. The summed E-state index contributed by atoms with van der Waals surface area (Å²) < 4.78 is 0. The summed E-state index contributed by atoms with van der Waals surface area (Å²) >= 11 is 0. The molecule has 0 bridgehead atoms. The Labute approximate surface area is 248 Å². The minimum Gasteiger partial charge on any atom is -0.363 e. The SMILES string of the molecule is CC(C)[C@H](NC(=O)N[C@H]1CCCCCCCCC[C@@H](C(=O)C(N)=O)NC(=O)[C@@H]2[C@H]3[C@@H](CN2C1=O)C3(C)C)C(=O)C1CC1. The van der Waals surface area contributed by atoms with E-state index in [1.54, 1.807) is 4.90 Å². The van der Waals surface area contributed by atoms with Crippen LogP contribution in [0.4, 0.5) is 4.79 Å². The van der Waals surface area contributed by atoms with Crippen molar-refractivity contribution in [2.45, 2.75) is 122 Å². The van der Waals surface area contributed by atoms with Crippen LogP contribution in [0, 0.1) is 29.1 Å².